The van der Waals surface area contributed by atoms with Gasteiger partial charge in [-0.05, 0) is 44.4 Å². The summed E-state index contributed by atoms with van der Waals surface area (Å²) in [5.74, 6) is 0.887. The normalized spacial score (nSPS) is 18.8. The van der Waals surface area contributed by atoms with Gasteiger partial charge in [0.05, 0.1) is 24.2 Å². The van der Waals surface area contributed by atoms with Crippen LogP contribution in [0.5, 0.6) is 0 Å². The van der Waals surface area contributed by atoms with Crippen LogP contribution in [0.2, 0.25) is 0 Å². The molecule has 2 aliphatic rings. The van der Waals surface area contributed by atoms with Crippen LogP contribution in [0.1, 0.15) is 38.2 Å². The molecule has 7 nitrogen and oxygen atoms in total. The van der Waals surface area contributed by atoms with Gasteiger partial charge in [-0.15, -0.1) is 10.2 Å². The molecule has 8 heteroatoms. The Morgan fingerprint density at radius 1 is 1.24 bits per heavy atom. The summed E-state index contributed by atoms with van der Waals surface area (Å²) in [6, 6.07) is 8.63. The molecular formula is C21H29N5O2S. The molecule has 0 radical (unpaired) electrons. The second-order valence-corrected chi connectivity index (χ2v) is 9.11. The standard InChI is InChI=1S/C21H29N5O2S/c1-15-6-5-9-18(14-15)26-20(25-10-12-28-13-11-25)23-24-21(26)29-16(2)19(27)22-17-7-3-4-8-17/h5-6,9,14,16-17H,3-4,7-8,10-13H2,1-2H3,(H,22,27). The molecule has 156 valence electrons. The van der Waals surface area contributed by atoms with E-state index in [-0.39, 0.29) is 11.2 Å². The van der Waals surface area contributed by atoms with E-state index in [0.29, 0.717) is 19.3 Å². The third kappa shape index (κ3) is 4.75. The van der Waals surface area contributed by atoms with Crippen molar-refractivity contribution in [3.63, 3.8) is 0 Å². The van der Waals surface area contributed by atoms with Gasteiger partial charge >= 0.3 is 0 Å². The highest BCUT2D eigenvalue weighted by Crippen LogP contribution is 2.30. The average Bonchev–Trinajstić information content (AvgIpc) is 3.38. The van der Waals surface area contributed by atoms with Gasteiger partial charge in [0.25, 0.3) is 0 Å². The summed E-state index contributed by atoms with van der Waals surface area (Å²) < 4.78 is 7.57. The zero-order valence-corrected chi connectivity index (χ0v) is 18.0. The van der Waals surface area contributed by atoms with Crippen LogP contribution in [0.4, 0.5) is 5.95 Å². The van der Waals surface area contributed by atoms with Gasteiger partial charge in [-0.3, -0.25) is 9.36 Å². The highest BCUT2D eigenvalue weighted by atomic mass is 32.2. The number of hydrogen-bond acceptors (Lipinski definition) is 6. The average molecular weight is 416 g/mol. The Morgan fingerprint density at radius 2 is 2.00 bits per heavy atom. The van der Waals surface area contributed by atoms with Gasteiger partial charge in [-0.1, -0.05) is 36.7 Å². The number of morpholine rings is 1. The van der Waals surface area contributed by atoms with Crippen LogP contribution < -0.4 is 10.2 Å². The van der Waals surface area contributed by atoms with E-state index >= 15 is 0 Å². The number of anilines is 1. The Labute approximate surface area is 176 Å². The first-order valence-corrected chi connectivity index (χ1v) is 11.3. The number of carbonyl (C=O) groups is 1. The number of benzene rings is 1. The fraction of sp³-hybridized carbons (Fsp3) is 0.571. The van der Waals surface area contributed by atoms with Crippen molar-refractivity contribution >= 4 is 23.6 Å². The van der Waals surface area contributed by atoms with Gasteiger partial charge in [-0.2, -0.15) is 0 Å². The summed E-state index contributed by atoms with van der Waals surface area (Å²) in [5.41, 5.74) is 2.19. The Balaban J connectivity index is 1.58. The van der Waals surface area contributed by atoms with Crippen molar-refractivity contribution in [1.82, 2.24) is 20.1 Å². The summed E-state index contributed by atoms with van der Waals surface area (Å²) >= 11 is 1.47. The molecule has 1 atom stereocenters. The lowest BCUT2D eigenvalue weighted by atomic mass is 10.2. The van der Waals surface area contributed by atoms with Crippen LogP contribution in [0.3, 0.4) is 0 Å². The lowest BCUT2D eigenvalue weighted by Crippen LogP contribution is -2.38. The smallest absolute Gasteiger partial charge is 0.233 e. The molecule has 1 saturated heterocycles. The molecule has 0 spiro atoms. The van der Waals surface area contributed by atoms with Crippen molar-refractivity contribution < 1.29 is 9.53 Å². The Bertz CT molecular complexity index is 843. The van der Waals surface area contributed by atoms with Crippen molar-refractivity contribution in [2.75, 3.05) is 31.2 Å². The highest BCUT2D eigenvalue weighted by Gasteiger charge is 2.26. The van der Waals surface area contributed by atoms with E-state index in [4.69, 9.17) is 4.74 Å². The predicted octanol–water partition coefficient (Wildman–Crippen LogP) is 2.95. The minimum absolute atomic E-state index is 0.0774. The molecule has 2 fully saturated rings. The van der Waals surface area contributed by atoms with Crippen LogP contribution in [0.15, 0.2) is 29.4 Å². The molecule has 2 heterocycles. The van der Waals surface area contributed by atoms with Crippen molar-refractivity contribution in [3.8, 4) is 5.69 Å². The second-order valence-electron chi connectivity index (χ2n) is 7.81. The number of amides is 1. The largest absolute Gasteiger partial charge is 0.378 e. The third-order valence-corrected chi connectivity index (χ3v) is 6.57. The number of aromatic nitrogens is 3. The van der Waals surface area contributed by atoms with Crippen molar-refractivity contribution in [3.05, 3.63) is 29.8 Å². The second kappa shape index (κ2) is 9.17. The molecule has 1 aliphatic heterocycles. The van der Waals surface area contributed by atoms with E-state index in [1.165, 1.54) is 30.2 Å². The number of thioether (sulfide) groups is 1. The summed E-state index contributed by atoms with van der Waals surface area (Å²) in [4.78, 5) is 14.9. The number of aryl methyl sites for hydroxylation is 1. The van der Waals surface area contributed by atoms with Gasteiger partial charge in [0, 0.05) is 19.1 Å². The number of ether oxygens (including phenoxy) is 1. The third-order valence-electron chi connectivity index (χ3n) is 5.52. The molecule has 4 rings (SSSR count). The number of nitrogens with one attached hydrogen (secondary N) is 1. The van der Waals surface area contributed by atoms with Gasteiger partial charge in [0.2, 0.25) is 11.9 Å². The predicted molar refractivity (Wildman–Crippen MR) is 115 cm³/mol. The highest BCUT2D eigenvalue weighted by molar-refractivity contribution is 8.00. The minimum Gasteiger partial charge on any atom is -0.378 e. The molecule has 0 bridgehead atoms. The lowest BCUT2D eigenvalue weighted by Gasteiger charge is -2.28. The van der Waals surface area contributed by atoms with Crippen LogP contribution in [0, 0.1) is 6.92 Å². The molecule has 1 saturated carbocycles. The summed E-state index contributed by atoms with van der Waals surface area (Å²) in [6.07, 6.45) is 4.59. The first-order valence-electron chi connectivity index (χ1n) is 10.4. The fourth-order valence-electron chi connectivity index (χ4n) is 3.90. The topological polar surface area (TPSA) is 72.3 Å². The quantitative estimate of drug-likeness (QED) is 0.732. The lowest BCUT2D eigenvalue weighted by molar-refractivity contribution is -0.120. The molecule has 2 aromatic rings. The molecule has 1 aromatic carbocycles. The Kier molecular flexibility index (Phi) is 6.40. The molecule has 1 N–H and O–H groups in total. The van der Waals surface area contributed by atoms with E-state index < -0.39 is 0 Å². The molecule has 1 amide bonds. The van der Waals surface area contributed by atoms with Crippen LogP contribution in [-0.2, 0) is 9.53 Å². The fourth-order valence-corrected chi connectivity index (χ4v) is 4.77. The summed E-state index contributed by atoms with van der Waals surface area (Å²) in [6.45, 7) is 6.96. The summed E-state index contributed by atoms with van der Waals surface area (Å²) in [7, 11) is 0. The maximum absolute atomic E-state index is 12.7. The maximum Gasteiger partial charge on any atom is 0.233 e. The van der Waals surface area contributed by atoms with Crippen molar-refractivity contribution in [2.24, 2.45) is 0 Å². The maximum atomic E-state index is 12.7. The van der Waals surface area contributed by atoms with Crippen LogP contribution >= 0.6 is 11.8 Å². The van der Waals surface area contributed by atoms with Gasteiger partial charge in [0.15, 0.2) is 5.16 Å². The molecule has 1 unspecified atom stereocenters. The van der Waals surface area contributed by atoms with Gasteiger partial charge < -0.3 is 15.0 Å². The number of hydrogen-bond donors (Lipinski definition) is 1. The monoisotopic (exact) mass is 415 g/mol. The van der Waals surface area contributed by atoms with Crippen LogP contribution in [-0.4, -0.2) is 58.3 Å². The minimum atomic E-state index is -0.235. The molecule has 29 heavy (non-hydrogen) atoms. The van der Waals surface area contributed by atoms with E-state index in [1.54, 1.807) is 0 Å². The summed E-state index contributed by atoms with van der Waals surface area (Å²) in [5, 5.41) is 12.7. The van der Waals surface area contributed by atoms with Gasteiger partial charge in [0.1, 0.15) is 0 Å². The van der Waals surface area contributed by atoms with E-state index in [2.05, 4.69) is 50.1 Å². The van der Waals surface area contributed by atoms with Gasteiger partial charge in [-0.25, -0.2) is 0 Å². The van der Waals surface area contributed by atoms with Crippen LogP contribution in [0.25, 0.3) is 5.69 Å². The number of carbonyl (C=O) groups excluding carboxylic acids is 1. The first-order chi connectivity index (χ1) is 14.1. The SMILES string of the molecule is Cc1cccc(-n2c(SC(C)C(=O)NC3CCCC3)nnc2N2CCOCC2)c1. The number of rotatable bonds is 6. The first kappa shape index (κ1) is 20.2. The van der Waals surface area contributed by atoms with Crippen molar-refractivity contribution in [2.45, 2.75) is 56.0 Å². The zero-order chi connectivity index (χ0) is 20.2. The number of nitrogens with zero attached hydrogens (tertiary/aromatic N) is 4. The van der Waals surface area contributed by atoms with E-state index in [9.17, 15) is 4.79 Å². The zero-order valence-electron chi connectivity index (χ0n) is 17.1. The van der Waals surface area contributed by atoms with E-state index in [1.807, 2.05) is 13.0 Å². The van der Waals surface area contributed by atoms with Crippen molar-refractivity contribution in [1.29, 1.82) is 0 Å². The Hall–Kier alpha value is -2.06. The molecular weight excluding hydrogens is 386 g/mol. The van der Waals surface area contributed by atoms with E-state index in [0.717, 1.165) is 42.7 Å². The Morgan fingerprint density at radius 3 is 2.72 bits per heavy atom. The molecule has 1 aromatic heterocycles. The molecule has 1 aliphatic carbocycles.